The van der Waals surface area contributed by atoms with Gasteiger partial charge in [-0.2, -0.15) is 14.8 Å². The summed E-state index contributed by atoms with van der Waals surface area (Å²) in [6.07, 6.45) is -0.267. The number of aliphatic carboxylic acids is 1. The lowest BCUT2D eigenvalue weighted by Gasteiger charge is -2.13. The molecule has 0 saturated heterocycles. The van der Waals surface area contributed by atoms with Crippen LogP contribution < -0.4 is 0 Å². The maximum absolute atomic E-state index is 12.1. The Kier molecular flexibility index (Phi) is 5.01. The predicted molar refractivity (Wildman–Crippen MR) is 65.6 cm³/mol. The Morgan fingerprint density at radius 3 is 2.37 bits per heavy atom. The van der Waals surface area contributed by atoms with Gasteiger partial charge in [0.25, 0.3) is 10.0 Å². The Morgan fingerprint density at radius 1 is 1.32 bits per heavy atom. The highest BCUT2D eigenvalue weighted by Gasteiger charge is 2.26. The molecule has 1 aromatic heterocycles. The average molecular weight is 299 g/mol. The van der Waals surface area contributed by atoms with Crippen molar-refractivity contribution in [1.82, 2.24) is 4.31 Å². The van der Waals surface area contributed by atoms with Gasteiger partial charge in [0.2, 0.25) is 0 Å². The van der Waals surface area contributed by atoms with E-state index < -0.39 is 29.1 Å². The molecule has 7 nitrogen and oxygen atoms in total. The van der Waals surface area contributed by atoms with Crippen LogP contribution in [0.15, 0.2) is 16.3 Å². The van der Waals surface area contributed by atoms with E-state index in [9.17, 15) is 13.2 Å². The van der Waals surface area contributed by atoms with Gasteiger partial charge in [0.05, 0.1) is 18.6 Å². The molecular weight excluding hydrogens is 290 g/mol. The topological polar surface area (TPSA) is 122 Å². The number of nitriles is 2. The summed E-state index contributed by atoms with van der Waals surface area (Å²) in [6, 6.07) is 6.03. The van der Waals surface area contributed by atoms with Gasteiger partial charge in [0.15, 0.2) is 0 Å². The number of hydrogen-bond acceptors (Lipinski definition) is 6. The number of carboxylic acid groups (broad SMARTS) is 1. The van der Waals surface area contributed by atoms with Gasteiger partial charge in [-0.1, -0.05) is 0 Å². The normalized spacial score (nSPS) is 10.9. The van der Waals surface area contributed by atoms with Crippen molar-refractivity contribution in [2.45, 2.75) is 10.6 Å². The van der Waals surface area contributed by atoms with Gasteiger partial charge in [0.1, 0.15) is 17.3 Å². The van der Waals surface area contributed by atoms with E-state index in [1.54, 1.807) is 12.1 Å². The van der Waals surface area contributed by atoms with Gasteiger partial charge in [-0.25, -0.2) is 8.42 Å². The Labute approximate surface area is 114 Å². The van der Waals surface area contributed by atoms with Crippen molar-refractivity contribution in [2.24, 2.45) is 0 Å². The summed E-state index contributed by atoms with van der Waals surface area (Å²) in [6.45, 7) is -0.857. The molecule has 0 unspecified atom stereocenters. The van der Waals surface area contributed by atoms with E-state index in [1.165, 1.54) is 12.1 Å². The highest BCUT2D eigenvalue weighted by atomic mass is 32.2. The molecule has 1 rings (SSSR count). The lowest BCUT2D eigenvalue weighted by molar-refractivity contribution is -0.136. The number of sulfonamides is 1. The summed E-state index contributed by atoms with van der Waals surface area (Å²) < 4.78 is 24.9. The number of nitrogens with zero attached hydrogens (tertiary/aromatic N) is 3. The third-order valence-electron chi connectivity index (χ3n) is 2.05. The van der Waals surface area contributed by atoms with Gasteiger partial charge in [-0.05, 0) is 12.1 Å². The minimum atomic E-state index is -3.93. The molecular formula is C10H9N3O4S2. The fourth-order valence-corrected chi connectivity index (χ4v) is 3.99. The van der Waals surface area contributed by atoms with Crippen LogP contribution >= 0.6 is 11.3 Å². The van der Waals surface area contributed by atoms with E-state index in [0.717, 1.165) is 15.6 Å². The standard InChI is InChI=1S/C10H9N3O4S2/c11-3-5-13(6-4-12)19(16,17)10-2-1-8(18-10)7-9(14)15/h1-2H,5-7H2,(H,14,15). The van der Waals surface area contributed by atoms with E-state index in [4.69, 9.17) is 15.6 Å². The minimum absolute atomic E-state index is 0.0748. The second kappa shape index (κ2) is 6.29. The Balaban J connectivity index is 3.05. The molecule has 0 saturated carbocycles. The minimum Gasteiger partial charge on any atom is -0.481 e. The van der Waals surface area contributed by atoms with Crippen LogP contribution in [0.4, 0.5) is 0 Å². The molecule has 0 radical (unpaired) electrons. The maximum atomic E-state index is 12.1. The SMILES string of the molecule is N#CCN(CC#N)S(=O)(=O)c1ccc(CC(=O)O)s1. The van der Waals surface area contributed by atoms with Crippen molar-refractivity contribution >= 4 is 27.3 Å². The lowest BCUT2D eigenvalue weighted by Crippen LogP contribution is -2.31. The summed E-state index contributed by atoms with van der Waals surface area (Å²) in [7, 11) is -3.93. The van der Waals surface area contributed by atoms with Crippen LogP contribution in [0.25, 0.3) is 0 Å². The second-order valence-electron chi connectivity index (χ2n) is 3.38. The van der Waals surface area contributed by atoms with Crippen LogP contribution in [-0.4, -0.2) is 36.9 Å². The number of carboxylic acids is 1. The molecule has 9 heteroatoms. The summed E-state index contributed by atoms with van der Waals surface area (Å²) >= 11 is 0.819. The van der Waals surface area contributed by atoms with Crippen molar-refractivity contribution in [3.05, 3.63) is 17.0 Å². The van der Waals surface area contributed by atoms with Crippen molar-refractivity contribution in [3.63, 3.8) is 0 Å². The van der Waals surface area contributed by atoms with Crippen molar-refractivity contribution in [1.29, 1.82) is 10.5 Å². The largest absolute Gasteiger partial charge is 0.481 e. The second-order valence-corrected chi connectivity index (χ2v) is 6.71. The predicted octanol–water partition coefficient (Wildman–Crippen LogP) is 0.413. The van der Waals surface area contributed by atoms with Crippen LogP contribution in [-0.2, 0) is 21.2 Å². The molecule has 0 aliphatic heterocycles. The Bertz CT molecular complexity index is 635. The van der Waals surface area contributed by atoms with E-state index >= 15 is 0 Å². The summed E-state index contributed by atoms with van der Waals surface area (Å²) in [5.74, 6) is -1.06. The van der Waals surface area contributed by atoms with Crippen LogP contribution in [0.1, 0.15) is 4.88 Å². The first-order chi connectivity index (χ1) is 8.91. The molecule has 1 aromatic rings. The van der Waals surface area contributed by atoms with E-state index in [0.29, 0.717) is 4.88 Å². The van der Waals surface area contributed by atoms with Crippen LogP contribution in [0.2, 0.25) is 0 Å². The highest BCUT2D eigenvalue weighted by Crippen LogP contribution is 2.25. The van der Waals surface area contributed by atoms with Crippen LogP contribution in [0.5, 0.6) is 0 Å². The fraction of sp³-hybridized carbons (Fsp3) is 0.300. The van der Waals surface area contributed by atoms with Crippen molar-refractivity contribution in [3.8, 4) is 12.1 Å². The average Bonchev–Trinajstić information content (AvgIpc) is 2.77. The highest BCUT2D eigenvalue weighted by molar-refractivity contribution is 7.91. The first kappa shape index (κ1) is 15.1. The molecule has 0 aliphatic rings. The smallest absolute Gasteiger partial charge is 0.308 e. The molecule has 1 N–H and O–H groups in total. The van der Waals surface area contributed by atoms with E-state index in [-0.39, 0.29) is 10.6 Å². The number of carbonyl (C=O) groups is 1. The number of hydrogen-bond donors (Lipinski definition) is 1. The third kappa shape index (κ3) is 3.76. The van der Waals surface area contributed by atoms with Crippen molar-refractivity contribution < 1.29 is 18.3 Å². The third-order valence-corrected chi connectivity index (χ3v) is 5.40. The zero-order chi connectivity index (χ0) is 14.5. The van der Waals surface area contributed by atoms with Gasteiger partial charge < -0.3 is 5.11 Å². The first-order valence-corrected chi connectivity index (χ1v) is 7.22. The van der Waals surface area contributed by atoms with Crippen molar-refractivity contribution in [2.75, 3.05) is 13.1 Å². The zero-order valence-corrected chi connectivity index (χ0v) is 11.2. The Hall–Kier alpha value is -1.94. The van der Waals surface area contributed by atoms with Crippen LogP contribution in [0, 0.1) is 22.7 Å². The monoisotopic (exact) mass is 299 g/mol. The molecule has 0 spiro atoms. The molecule has 19 heavy (non-hydrogen) atoms. The van der Waals surface area contributed by atoms with Gasteiger partial charge >= 0.3 is 5.97 Å². The summed E-state index contributed by atoms with van der Waals surface area (Å²) in [5, 5.41) is 25.7. The van der Waals surface area contributed by atoms with Gasteiger partial charge in [-0.15, -0.1) is 11.3 Å². The van der Waals surface area contributed by atoms with Crippen LogP contribution in [0.3, 0.4) is 0 Å². The van der Waals surface area contributed by atoms with E-state index in [2.05, 4.69) is 0 Å². The molecule has 0 fully saturated rings. The molecule has 0 atom stereocenters. The first-order valence-electron chi connectivity index (χ1n) is 4.96. The quantitative estimate of drug-likeness (QED) is 0.759. The van der Waals surface area contributed by atoms with Gasteiger partial charge in [-0.3, -0.25) is 4.79 Å². The summed E-state index contributed by atoms with van der Waals surface area (Å²) in [4.78, 5) is 10.9. The molecule has 1 heterocycles. The van der Waals surface area contributed by atoms with Gasteiger partial charge in [0, 0.05) is 4.88 Å². The fourth-order valence-electron chi connectivity index (χ4n) is 1.25. The van der Waals surface area contributed by atoms with E-state index in [1.807, 2.05) is 0 Å². The zero-order valence-electron chi connectivity index (χ0n) is 9.61. The lowest BCUT2D eigenvalue weighted by atomic mass is 10.3. The molecule has 0 bridgehead atoms. The number of thiophene rings is 1. The molecule has 100 valence electrons. The molecule has 0 aromatic carbocycles. The maximum Gasteiger partial charge on any atom is 0.308 e. The Morgan fingerprint density at radius 2 is 1.89 bits per heavy atom. The number of rotatable bonds is 6. The molecule has 0 aliphatic carbocycles. The molecule has 0 amide bonds. The summed E-state index contributed by atoms with van der Waals surface area (Å²) in [5.41, 5.74) is 0.